The van der Waals surface area contributed by atoms with Crippen LogP contribution >= 0.6 is 0 Å². The van der Waals surface area contributed by atoms with Gasteiger partial charge in [0.15, 0.2) is 0 Å². The Bertz CT molecular complexity index is 428. The van der Waals surface area contributed by atoms with E-state index in [0.717, 1.165) is 37.8 Å². The molecule has 0 aromatic heterocycles. The number of hydrogen-bond donors (Lipinski definition) is 1. The Labute approximate surface area is 118 Å². The summed E-state index contributed by atoms with van der Waals surface area (Å²) in [5.41, 5.74) is 0.256. The molecule has 1 fully saturated rings. The van der Waals surface area contributed by atoms with E-state index in [1.165, 1.54) is 12.1 Å². The molecule has 1 heterocycles. The molecular formula is C16H22F3N. The van der Waals surface area contributed by atoms with Crippen molar-refractivity contribution < 1.29 is 13.2 Å². The van der Waals surface area contributed by atoms with E-state index in [-0.39, 0.29) is 5.54 Å². The number of benzene rings is 1. The molecule has 0 spiro atoms. The zero-order valence-corrected chi connectivity index (χ0v) is 12.1. The van der Waals surface area contributed by atoms with Gasteiger partial charge < -0.3 is 5.32 Å². The third-order valence-corrected chi connectivity index (χ3v) is 4.02. The molecule has 1 aliphatic heterocycles. The smallest absolute Gasteiger partial charge is 0.307 e. The Hall–Kier alpha value is -1.03. The Morgan fingerprint density at radius 2 is 1.80 bits per heavy atom. The summed E-state index contributed by atoms with van der Waals surface area (Å²) in [7, 11) is 0. The van der Waals surface area contributed by atoms with Crippen molar-refractivity contribution in [2.45, 2.75) is 51.2 Å². The third-order valence-electron chi connectivity index (χ3n) is 4.02. The molecule has 1 unspecified atom stereocenters. The van der Waals surface area contributed by atoms with Crippen LogP contribution in [0.25, 0.3) is 0 Å². The fourth-order valence-corrected chi connectivity index (χ4v) is 3.18. The maximum Gasteiger partial charge on any atom is 0.416 e. The molecule has 1 aliphatic rings. The molecule has 0 amide bonds. The molecule has 1 N–H and O–H groups in total. The van der Waals surface area contributed by atoms with E-state index in [4.69, 9.17) is 0 Å². The Morgan fingerprint density at radius 1 is 1.15 bits per heavy atom. The molecule has 4 heteroatoms. The largest absolute Gasteiger partial charge is 0.416 e. The van der Waals surface area contributed by atoms with Crippen LogP contribution in [0.15, 0.2) is 24.3 Å². The summed E-state index contributed by atoms with van der Waals surface area (Å²) in [6.07, 6.45) is -0.0418. The molecule has 0 saturated carbocycles. The van der Waals surface area contributed by atoms with Crippen LogP contribution in [0, 0.1) is 5.92 Å². The van der Waals surface area contributed by atoms with Gasteiger partial charge in [-0.2, -0.15) is 13.2 Å². The SMILES string of the molecule is CC(C)CC1(c2ccc(C(F)(F)F)cc2)CCCCN1. The highest BCUT2D eigenvalue weighted by Gasteiger charge is 2.35. The summed E-state index contributed by atoms with van der Waals surface area (Å²) in [6.45, 7) is 5.25. The molecule has 0 bridgehead atoms. The highest BCUT2D eigenvalue weighted by atomic mass is 19.4. The number of alkyl halides is 3. The molecule has 0 radical (unpaired) electrons. The number of rotatable bonds is 3. The molecule has 20 heavy (non-hydrogen) atoms. The van der Waals surface area contributed by atoms with E-state index in [1.54, 1.807) is 12.1 Å². The van der Waals surface area contributed by atoms with Gasteiger partial charge in [0.25, 0.3) is 0 Å². The standard InChI is InChI=1S/C16H22F3N/c1-12(2)11-15(9-3-4-10-20-15)13-5-7-14(8-6-13)16(17,18)19/h5-8,12,20H,3-4,9-11H2,1-2H3. The molecular weight excluding hydrogens is 263 g/mol. The van der Waals surface area contributed by atoms with Gasteiger partial charge in [-0.1, -0.05) is 32.4 Å². The van der Waals surface area contributed by atoms with Crippen molar-refractivity contribution in [1.82, 2.24) is 5.32 Å². The van der Waals surface area contributed by atoms with Gasteiger partial charge in [-0.05, 0) is 49.4 Å². The van der Waals surface area contributed by atoms with E-state index < -0.39 is 11.7 Å². The minimum atomic E-state index is -4.26. The predicted octanol–water partition coefficient (Wildman–Crippen LogP) is 4.72. The average Bonchev–Trinajstić information content (AvgIpc) is 2.38. The fourth-order valence-electron chi connectivity index (χ4n) is 3.18. The van der Waals surface area contributed by atoms with Crippen LogP contribution in [0.3, 0.4) is 0 Å². The second-order valence-electron chi connectivity index (χ2n) is 6.14. The van der Waals surface area contributed by atoms with Gasteiger partial charge in [0, 0.05) is 5.54 Å². The molecule has 1 saturated heterocycles. The number of nitrogens with one attached hydrogen (secondary N) is 1. The topological polar surface area (TPSA) is 12.0 Å². The maximum absolute atomic E-state index is 12.7. The predicted molar refractivity (Wildman–Crippen MR) is 74.4 cm³/mol. The van der Waals surface area contributed by atoms with Crippen LogP contribution in [0.4, 0.5) is 13.2 Å². The lowest BCUT2D eigenvalue weighted by Crippen LogP contribution is -2.46. The van der Waals surface area contributed by atoms with Gasteiger partial charge in [-0.25, -0.2) is 0 Å². The molecule has 1 aromatic rings. The quantitative estimate of drug-likeness (QED) is 0.847. The first-order chi connectivity index (χ1) is 9.33. The molecule has 0 aliphatic carbocycles. The van der Waals surface area contributed by atoms with Gasteiger partial charge in [-0.15, -0.1) is 0 Å². The van der Waals surface area contributed by atoms with Crippen LogP contribution in [-0.4, -0.2) is 6.54 Å². The second kappa shape index (κ2) is 5.76. The highest BCUT2D eigenvalue weighted by molar-refractivity contribution is 5.30. The Kier molecular flexibility index (Phi) is 4.43. The summed E-state index contributed by atoms with van der Waals surface area (Å²) < 4.78 is 38.0. The van der Waals surface area contributed by atoms with Gasteiger partial charge in [0.05, 0.1) is 5.56 Å². The van der Waals surface area contributed by atoms with E-state index in [0.29, 0.717) is 5.92 Å². The summed E-state index contributed by atoms with van der Waals surface area (Å²) in [4.78, 5) is 0. The van der Waals surface area contributed by atoms with Crippen molar-refractivity contribution >= 4 is 0 Å². The van der Waals surface area contributed by atoms with E-state index in [1.807, 2.05) is 0 Å². The third kappa shape index (κ3) is 3.35. The first-order valence-corrected chi connectivity index (χ1v) is 7.26. The average molecular weight is 285 g/mol. The Balaban J connectivity index is 2.29. The van der Waals surface area contributed by atoms with Crippen LogP contribution in [0.5, 0.6) is 0 Å². The number of halogens is 3. The highest BCUT2D eigenvalue weighted by Crippen LogP contribution is 2.37. The lowest BCUT2D eigenvalue weighted by Gasteiger charge is -2.40. The van der Waals surface area contributed by atoms with Gasteiger partial charge in [0.1, 0.15) is 0 Å². The fraction of sp³-hybridized carbons (Fsp3) is 0.625. The van der Waals surface area contributed by atoms with E-state index >= 15 is 0 Å². The number of piperidine rings is 1. The van der Waals surface area contributed by atoms with Crippen LogP contribution < -0.4 is 5.32 Å². The minimum Gasteiger partial charge on any atom is -0.307 e. The zero-order valence-electron chi connectivity index (χ0n) is 12.1. The lowest BCUT2D eigenvalue weighted by atomic mass is 9.76. The summed E-state index contributed by atoms with van der Waals surface area (Å²) in [5, 5.41) is 3.56. The van der Waals surface area contributed by atoms with Crippen molar-refractivity contribution in [3.63, 3.8) is 0 Å². The summed E-state index contributed by atoms with van der Waals surface area (Å²) >= 11 is 0. The molecule has 112 valence electrons. The first-order valence-electron chi connectivity index (χ1n) is 7.26. The number of hydrogen-bond acceptors (Lipinski definition) is 1. The molecule has 1 aromatic carbocycles. The zero-order chi connectivity index (χ0) is 14.8. The van der Waals surface area contributed by atoms with Crippen molar-refractivity contribution in [2.75, 3.05) is 6.54 Å². The Morgan fingerprint density at radius 3 is 2.25 bits per heavy atom. The van der Waals surface area contributed by atoms with E-state index in [2.05, 4.69) is 19.2 Å². The monoisotopic (exact) mass is 285 g/mol. The van der Waals surface area contributed by atoms with Gasteiger partial charge >= 0.3 is 6.18 Å². The van der Waals surface area contributed by atoms with Crippen molar-refractivity contribution in [3.05, 3.63) is 35.4 Å². The lowest BCUT2D eigenvalue weighted by molar-refractivity contribution is -0.137. The normalized spacial score (nSPS) is 24.1. The van der Waals surface area contributed by atoms with Crippen LogP contribution in [-0.2, 0) is 11.7 Å². The van der Waals surface area contributed by atoms with Crippen molar-refractivity contribution in [3.8, 4) is 0 Å². The van der Waals surface area contributed by atoms with Crippen molar-refractivity contribution in [1.29, 1.82) is 0 Å². The van der Waals surface area contributed by atoms with Crippen LogP contribution in [0.1, 0.15) is 50.7 Å². The maximum atomic E-state index is 12.7. The molecule has 2 rings (SSSR count). The molecule has 1 nitrogen and oxygen atoms in total. The van der Waals surface area contributed by atoms with Crippen LogP contribution in [0.2, 0.25) is 0 Å². The summed E-state index contributed by atoms with van der Waals surface area (Å²) in [6, 6.07) is 5.69. The van der Waals surface area contributed by atoms with Gasteiger partial charge in [0.2, 0.25) is 0 Å². The van der Waals surface area contributed by atoms with E-state index in [9.17, 15) is 13.2 Å². The molecule has 1 atom stereocenters. The minimum absolute atomic E-state index is 0.156. The van der Waals surface area contributed by atoms with Crippen molar-refractivity contribution in [2.24, 2.45) is 5.92 Å². The second-order valence-corrected chi connectivity index (χ2v) is 6.14. The summed E-state index contributed by atoms with van der Waals surface area (Å²) in [5.74, 6) is 0.503. The first kappa shape index (κ1) is 15.4. The van der Waals surface area contributed by atoms with Gasteiger partial charge in [-0.3, -0.25) is 0 Å².